The van der Waals surface area contributed by atoms with Crippen LogP contribution in [0.25, 0.3) is 0 Å². The second-order valence-corrected chi connectivity index (χ2v) is 12.6. The predicted octanol–water partition coefficient (Wildman–Crippen LogP) is 2.54. The van der Waals surface area contributed by atoms with Gasteiger partial charge >= 0.3 is 5.69 Å². The molecule has 0 aromatic carbocycles. The highest BCUT2D eigenvalue weighted by Crippen LogP contribution is 2.37. The molecule has 1 aliphatic heterocycles. The number of rotatable bonds is 4. The molecular weight excluding hydrogens is 312 g/mol. The summed E-state index contributed by atoms with van der Waals surface area (Å²) in [5.74, 6) is 0. The molecule has 2 rings (SSSR count). The Hall–Kier alpha value is -1.18. The highest BCUT2D eigenvalue weighted by Gasteiger charge is 2.38. The number of aromatic nitrogens is 2. The zero-order valence-electron chi connectivity index (χ0n) is 14.9. The molecule has 0 bridgehead atoms. The number of aryl methyl sites for hydroxylation is 1. The maximum Gasteiger partial charge on any atom is 0.330 e. The SMILES string of the molecule is Cc1cn([C@H]2CC[C@@H](CO[Si](C)(C)C(C)(C)C)O2)c(=O)[nH]c1=O. The molecule has 1 aliphatic rings. The third-order valence-electron chi connectivity index (χ3n) is 4.98. The molecule has 0 aliphatic carbocycles. The van der Waals surface area contributed by atoms with Gasteiger partial charge in [-0.05, 0) is 37.9 Å². The van der Waals surface area contributed by atoms with Crippen molar-refractivity contribution in [3.63, 3.8) is 0 Å². The van der Waals surface area contributed by atoms with Gasteiger partial charge in [0.2, 0.25) is 0 Å². The van der Waals surface area contributed by atoms with E-state index in [0.717, 1.165) is 12.8 Å². The van der Waals surface area contributed by atoms with Gasteiger partial charge in [0.25, 0.3) is 5.56 Å². The van der Waals surface area contributed by atoms with Crippen LogP contribution in [0.4, 0.5) is 0 Å². The largest absolute Gasteiger partial charge is 0.414 e. The summed E-state index contributed by atoms with van der Waals surface area (Å²) < 4.78 is 13.6. The summed E-state index contributed by atoms with van der Waals surface area (Å²) in [5.41, 5.74) is -0.257. The number of hydrogen-bond acceptors (Lipinski definition) is 4. The van der Waals surface area contributed by atoms with Crippen LogP contribution in [-0.4, -0.2) is 30.6 Å². The van der Waals surface area contributed by atoms with Gasteiger partial charge in [-0.15, -0.1) is 0 Å². The van der Waals surface area contributed by atoms with Crippen molar-refractivity contribution in [2.75, 3.05) is 6.61 Å². The molecule has 7 heteroatoms. The Kier molecular flexibility index (Phi) is 5.03. The highest BCUT2D eigenvalue weighted by molar-refractivity contribution is 6.74. The molecule has 23 heavy (non-hydrogen) atoms. The third kappa shape index (κ3) is 4.02. The van der Waals surface area contributed by atoms with E-state index in [4.69, 9.17) is 9.16 Å². The van der Waals surface area contributed by atoms with E-state index in [1.54, 1.807) is 13.1 Å². The van der Waals surface area contributed by atoms with Gasteiger partial charge in [-0.1, -0.05) is 20.8 Å². The summed E-state index contributed by atoms with van der Waals surface area (Å²) in [7, 11) is -1.80. The van der Waals surface area contributed by atoms with Crippen LogP contribution in [0.15, 0.2) is 15.8 Å². The van der Waals surface area contributed by atoms with Gasteiger partial charge < -0.3 is 9.16 Å². The normalized spacial score (nSPS) is 22.5. The molecule has 2 atom stereocenters. The first-order valence-electron chi connectivity index (χ1n) is 8.13. The summed E-state index contributed by atoms with van der Waals surface area (Å²) in [6.45, 7) is 13.3. The number of H-pyrrole nitrogens is 1. The fourth-order valence-corrected chi connectivity index (χ4v) is 3.37. The maximum atomic E-state index is 11.9. The number of nitrogens with zero attached hydrogens (tertiary/aromatic N) is 1. The van der Waals surface area contributed by atoms with Gasteiger partial charge in [-0.2, -0.15) is 0 Å². The van der Waals surface area contributed by atoms with Crippen LogP contribution >= 0.6 is 0 Å². The standard InChI is InChI=1S/C16H28N2O4Si/c1-11-9-18(15(20)17-14(11)19)13-8-7-12(22-13)10-21-23(5,6)16(2,3)4/h9,12-13H,7-8,10H2,1-6H3,(H,17,19,20)/t12-,13+/m0/s1. The second-order valence-electron chi connectivity index (χ2n) is 7.84. The van der Waals surface area contributed by atoms with E-state index in [1.807, 2.05) is 0 Å². The molecule has 0 unspecified atom stereocenters. The minimum atomic E-state index is -1.80. The van der Waals surface area contributed by atoms with Crippen LogP contribution in [-0.2, 0) is 9.16 Å². The van der Waals surface area contributed by atoms with Crippen molar-refractivity contribution in [3.8, 4) is 0 Å². The first-order chi connectivity index (χ1) is 10.5. The van der Waals surface area contributed by atoms with Crippen LogP contribution in [0.2, 0.25) is 18.1 Å². The van der Waals surface area contributed by atoms with Crippen LogP contribution in [0.1, 0.15) is 45.4 Å². The Morgan fingerprint density at radius 3 is 2.61 bits per heavy atom. The van der Waals surface area contributed by atoms with Crippen molar-refractivity contribution in [2.45, 2.75) is 71.0 Å². The topological polar surface area (TPSA) is 73.3 Å². The quantitative estimate of drug-likeness (QED) is 0.855. The summed E-state index contributed by atoms with van der Waals surface area (Å²) >= 11 is 0. The summed E-state index contributed by atoms with van der Waals surface area (Å²) in [6.07, 6.45) is 2.84. The minimum Gasteiger partial charge on any atom is -0.414 e. The molecule has 0 radical (unpaired) electrons. The van der Waals surface area contributed by atoms with E-state index in [2.05, 4.69) is 38.8 Å². The molecule has 0 spiro atoms. The van der Waals surface area contributed by atoms with Crippen molar-refractivity contribution in [1.82, 2.24) is 9.55 Å². The fraction of sp³-hybridized carbons (Fsp3) is 0.750. The molecule has 1 aromatic rings. The van der Waals surface area contributed by atoms with Gasteiger partial charge in [0.05, 0.1) is 12.7 Å². The van der Waals surface area contributed by atoms with Crippen molar-refractivity contribution < 1.29 is 9.16 Å². The van der Waals surface area contributed by atoms with Gasteiger partial charge in [-0.25, -0.2) is 4.79 Å². The molecule has 1 fully saturated rings. The summed E-state index contributed by atoms with van der Waals surface area (Å²) in [5, 5.41) is 0.165. The third-order valence-corrected chi connectivity index (χ3v) is 9.48. The zero-order chi connectivity index (χ0) is 17.4. The lowest BCUT2D eigenvalue weighted by molar-refractivity contribution is -0.0223. The van der Waals surface area contributed by atoms with Crippen LogP contribution in [0.3, 0.4) is 0 Å². The van der Waals surface area contributed by atoms with E-state index in [-0.39, 0.29) is 22.9 Å². The second kappa shape index (κ2) is 6.37. The van der Waals surface area contributed by atoms with E-state index in [0.29, 0.717) is 12.2 Å². The van der Waals surface area contributed by atoms with Crippen molar-refractivity contribution in [2.24, 2.45) is 0 Å². The molecule has 6 nitrogen and oxygen atoms in total. The van der Waals surface area contributed by atoms with Crippen molar-refractivity contribution in [1.29, 1.82) is 0 Å². The van der Waals surface area contributed by atoms with Gasteiger partial charge in [-0.3, -0.25) is 14.3 Å². The molecule has 2 heterocycles. The zero-order valence-corrected chi connectivity index (χ0v) is 15.9. The number of ether oxygens (including phenoxy) is 1. The average Bonchev–Trinajstić information content (AvgIpc) is 2.88. The maximum absolute atomic E-state index is 11.9. The Bertz CT molecular complexity index is 672. The van der Waals surface area contributed by atoms with E-state index in [1.165, 1.54) is 4.57 Å². The Balaban J connectivity index is 2.01. The molecule has 1 aromatic heterocycles. The molecule has 1 saturated heterocycles. The fourth-order valence-electron chi connectivity index (χ4n) is 2.33. The summed E-state index contributed by atoms with van der Waals surface area (Å²) in [6, 6.07) is 0. The molecule has 1 N–H and O–H groups in total. The molecule has 0 saturated carbocycles. The van der Waals surface area contributed by atoms with E-state index >= 15 is 0 Å². The average molecular weight is 340 g/mol. The smallest absolute Gasteiger partial charge is 0.330 e. The van der Waals surface area contributed by atoms with Gasteiger partial charge in [0, 0.05) is 11.8 Å². The lowest BCUT2D eigenvalue weighted by Gasteiger charge is -2.36. The first kappa shape index (κ1) is 18.2. The lowest BCUT2D eigenvalue weighted by Crippen LogP contribution is -2.42. The predicted molar refractivity (Wildman–Crippen MR) is 92.4 cm³/mol. The van der Waals surface area contributed by atoms with Crippen LogP contribution in [0.5, 0.6) is 0 Å². The number of hydrogen-bond donors (Lipinski definition) is 1. The van der Waals surface area contributed by atoms with E-state index in [9.17, 15) is 9.59 Å². The van der Waals surface area contributed by atoms with Gasteiger partial charge in [0.15, 0.2) is 8.32 Å². The Morgan fingerprint density at radius 2 is 2.00 bits per heavy atom. The molecule has 0 amide bonds. The van der Waals surface area contributed by atoms with E-state index < -0.39 is 14.0 Å². The van der Waals surface area contributed by atoms with Crippen molar-refractivity contribution >= 4 is 8.32 Å². The highest BCUT2D eigenvalue weighted by atomic mass is 28.4. The van der Waals surface area contributed by atoms with Crippen LogP contribution < -0.4 is 11.2 Å². The van der Waals surface area contributed by atoms with Crippen LogP contribution in [0, 0.1) is 6.92 Å². The Morgan fingerprint density at radius 1 is 1.35 bits per heavy atom. The number of nitrogens with one attached hydrogen (secondary N) is 1. The summed E-state index contributed by atoms with van der Waals surface area (Å²) in [4.78, 5) is 25.7. The van der Waals surface area contributed by atoms with Crippen molar-refractivity contribution in [3.05, 3.63) is 32.6 Å². The Labute approximate surface area is 138 Å². The first-order valence-corrected chi connectivity index (χ1v) is 11.0. The van der Waals surface area contributed by atoms with Gasteiger partial charge in [0.1, 0.15) is 6.23 Å². The minimum absolute atomic E-state index is 0.00624. The lowest BCUT2D eigenvalue weighted by atomic mass is 10.2. The monoisotopic (exact) mass is 340 g/mol. The number of aromatic amines is 1. The molecule has 130 valence electrons. The molecular formula is C16H28N2O4Si.